The lowest BCUT2D eigenvalue weighted by molar-refractivity contribution is -0.172. The van der Waals surface area contributed by atoms with Crippen LogP contribution in [0, 0.1) is 11.8 Å². The fourth-order valence-corrected chi connectivity index (χ4v) is 3.71. The summed E-state index contributed by atoms with van der Waals surface area (Å²) in [5.74, 6) is -4.39. The van der Waals surface area contributed by atoms with Crippen molar-refractivity contribution in [1.29, 1.82) is 0 Å². The second-order valence-corrected chi connectivity index (χ2v) is 6.76. The summed E-state index contributed by atoms with van der Waals surface area (Å²) >= 11 is 0. The molecule has 1 saturated carbocycles. The van der Waals surface area contributed by atoms with Gasteiger partial charge in [-0.25, -0.2) is 0 Å². The maximum Gasteiger partial charge on any atom is 0.317 e. The van der Waals surface area contributed by atoms with Crippen molar-refractivity contribution < 1.29 is 33.7 Å². The van der Waals surface area contributed by atoms with E-state index in [2.05, 4.69) is 0 Å². The molecule has 0 aromatic heterocycles. The van der Waals surface area contributed by atoms with E-state index in [0.717, 1.165) is 0 Å². The first kappa shape index (κ1) is 20.9. The van der Waals surface area contributed by atoms with Gasteiger partial charge in [-0.15, -0.1) is 0 Å². The maximum atomic E-state index is 12.7. The minimum absolute atomic E-state index is 0.110. The number of benzene rings is 1. The Hall–Kier alpha value is -2.41. The van der Waals surface area contributed by atoms with Crippen LogP contribution in [0.3, 0.4) is 0 Å². The normalized spacial score (nSPS) is 27.7. The Balaban J connectivity index is 2.59. The molecule has 148 valence electrons. The summed E-state index contributed by atoms with van der Waals surface area (Å²) in [7, 11) is 1.52. The number of rotatable bonds is 6. The average molecular weight is 378 g/mol. The van der Waals surface area contributed by atoms with Gasteiger partial charge in [-0.3, -0.25) is 14.4 Å². The van der Waals surface area contributed by atoms with E-state index in [1.54, 1.807) is 38.1 Å². The number of ketones is 1. The number of carbonyl (C=O) groups excluding carboxylic acids is 3. The van der Waals surface area contributed by atoms with Crippen LogP contribution in [0.15, 0.2) is 24.3 Å². The lowest BCUT2D eigenvalue weighted by atomic mass is 9.61. The number of aliphatic hydroxyl groups is 1. The zero-order valence-electron chi connectivity index (χ0n) is 16.1. The number of methoxy groups -OCH3 is 1. The summed E-state index contributed by atoms with van der Waals surface area (Å²) in [5.41, 5.74) is -1.09. The molecular formula is C20H26O7. The molecule has 0 saturated heterocycles. The molecule has 4 atom stereocenters. The smallest absolute Gasteiger partial charge is 0.317 e. The molecule has 1 aliphatic carbocycles. The van der Waals surface area contributed by atoms with Crippen LogP contribution >= 0.6 is 0 Å². The lowest BCUT2D eigenvalue weighted by Crippen LogP contribution is -2.55. The van der Waals surface area contributed by atoms with Crippen LogP contribution in [-0.4, -0.2) is 48.8 Å². The summed E-state index contributed by atoms with van der Waals surface area (Å²) in [6.07, 6.45) is -0.327. The van der Waals surface area contributed by atoms with Crippen LogP contribution in [0.2, 0.25) is 0 Å². The highest BCUT2D eigenvalue weighted by atomic mass is 16.5. The third-order valence-electron chi connectivity index (χ3n) is 4.85. The number of ether oxygens (including phenoxy) is 3. The van der Waals surface area contributed by atoms with Crippen LogP contribution in [0.5, 0.6) is 5.75 Å². The Morgan fingerprint density at radius 1 is 1.11 bits per heavy atom. The molecule has 0 unspecified atom stereocenters. The summed E-state index contributed by atoms with van der Waals surface area (Å²) in [6.45, 7) is 4.96. The first-order chi connectivity index (χ1) is 12.8. The molecule has 0 heterocycles. The van der Waals surface area contributed by atoms with Gasteiger partial charge in [-0.1, -0.05) is 12.1 Å². The number of Topliss-reactive ketones (excluding diaryl/α,β-unsaturated/α-hetero) is 1. The predicted molar refractivity (Wildman–Crippen MR) is 96.2 cm³/mol. The average Bonchev–Trinajstić information content (AvgIpc) is 2.60. The molecule has 7 heteroatoms. The minimum atomic E-state index is -1.64. The summed E-state index contributed by atoms with van der Waals surface area (Å²) in [4.78, 5) is 38.0. The van der Waals surface area contributed by atoms with E-state index in [1.807, 2.05) is 0 Å². The summed E-state index contributed by atoms with van der Waals surface area (Å²) < 4.78 is 15.4. The lowest BCUT2D eigenvalue weighted by Gasteiger charge is -2.43. The zero-order chi connectivity index (χ0) is 20.2. The van der Waals surface area contributed by atoms with Crippen LogP contribution in [0.25, 0.3) is 0 Å². The molecule has 1 aromatic carbocycles. The molecule has 27 heavy (non-hydrogen) atoms. The first-order valence-electron chi connectivity index (χ1n) is 8.99. The standard InChI is InChI=1S/C20H26O7/c1-5-26-18(22)16-14(21)11-20(3,24)17(19(23)27-6-2)15(16)12-7-9-13(25-4)10-8-12/h7-10,15-17,24H,5-6,11H2,1-4H3/t15-,16-,17+,20+/m1/s1. The van der Waals surface area contributed by atoms with E-state index >= 15 is 0 Å². The number of hydrogen-bond acceptors (Lipinski definition) is 7. The fraction of sp³-hybridized carbons (Fsp3) is 0.550. The first-order valence-corrected chi connectivity index (χ1v) is 8.99. The Kier molecular flexibility index (Phi) is 6.59. The van der Waals surface area contributed by atoms with Gasteiger partial charge >= 0.3 is 11.9 Å². The zero-order valence-corrected chi connectivity index (χ0v) is 16.1. The quantitative estimate of drug-likeness (QED) is 0.596. The van der Waals surface area contributed by atoms with Gasteiger partial charge in [0, 0.05) is 12.3 Å². The van der Waals surface area contributed by atoms with Gasteiger partial charge < -0.3 is 19.3 Å². The highest BCUT2D eigenvalue weighted by Crippen LogP contribution is 2.46. The largest absolute Gasteiger partial charge is 0.497 e. The molecule has 0 amide bonds. The van der Waals surface area contributed by atoms with Gasteiger partial charge in [0.05, 0.1) is 31.8 Å². The molecule has 1 N–H and O–H groups in total. The van der Waals surface area contributed by atoms with E-state index in [-0.39, 0.29) is 19.6 Å². The van der Waals surface area contributed by atoms with Gasteiger partial charge in [0.25, 0.3) is 0 Å². The van der Waals surface area contributed by atoms with Crippen molar-refractivity contribution in [3.05, 3.63) is 29.8 Å². The van der Waals surface area contributed by atoms with E-state index in [9.17, 15) is 19.5 Å². The summed E-state index contributed by atoms with van der Waals surface area (Å²) in [6, 6.07) is 6.70. The topological polar surface area (TPSA) is 99.1 Å². The highest BCUT2D eigenvalue weighted by Gasteiger charge is 2.57. The van der Waals surface area contributed by atoms with Crippen molar-refractivity contribution in [2.75, 3.05) is 20.3 Å². The summed E-state index contributed by atoms with van der Waals surface area (Å²) in [5, 5.41) is 10.9. The van der Waals surface area contributed by atoms with Gasteiger partial charge in [0.1, 0.15) is 11.7 Å². The molecule has 7 nitrogen and oxygen atoms in total. The van der Waals surface area contributed by atoms with Crippen LogP contribution in [-0.2, 0) is 23.9 Å². The third-order valence-corrected chi connectivity index (χ3v) is 4.85. The SMILES string of the molecule is CCOC(=O)[C@@H]1C(=O)C[C@](C)(O)[C@H](C(=O)OCC)[C@@H]1c1ccc(OC)cc1. The van der Waals surface area contributed by atoms with Crippen molar-refractivity contribution in [2.24, 2.45) is 11.8 Å². The molecule has 0 bridgehead atoms. The maximum absolute atomic E-state index is 12.7. The van der Waals surface area contributed by atoms with E-state index < -0.39 is 41.1 Å². The molecule has 2 rings (SSSR count). The van der Waals surface area contributed by atoms with E-state index in [1.165, 1.54) is 14.0 Å². The van der Waals surface area contributed by atoms with Gasteiger partial charge in [0.2, 0.25) is 0 Å². The Morgan fingerprint density at radius 3 is 2.19 bits per heavy atom. The molecule has 1 aromatic rings. The number of esters is 2. The second-order valence-electron chi connectivity index (χ2n) is 6.76. The second kappa shape index (κ2) is 8.52. The van der Waals surface area contributed by atoms with Crippen molar-refractivity contribution in [3.63, 3.8) is 0 Å². The number of carbonyl (C=O) groups is 3. The highest BCUT2D eigenvalue weighted by molar-refractivity contribution is 6.02. The molecule has 0 spiro atoms. The van der Waals surface area contributed by atoms with Crippen molar-refractivity contribution in [2.45, 2.75) is 38.7 Å². The fourth-order valence-electron chi connectivity index (χ4n) is 3.71. The van der Waals surface area contributed by atoms with Crippen molar-refractivity contribution in [1.82, 2.24) is 0 Å². The monoisotopic (exact) mass is 378 g/mol. The molecule has 0 aliphatic heterocycles. The third kappa shape index (κ3) is 4.30. The van der Waals surface area contributed by atoms with Gasteiger partial charge in [-0.2, -0.15) is 0 Å². The van der Waals surface area contributed by atoms with Crippen molar-refractivity contribution in [3.8, 4) is 5.75 Å². The molecular weight excluding hydrogens is 352 g/mol. The van der Waals surface area contributed by atoms with E-state index in [0.29, 0.717) is 11.3 Å². The number of hydrogen-bond donors (Lipinski definition) is 1. The predicted octanol–water partition coefficient (Wildman–Crippen LogP) is 1.86. The molecule has 0 radical (unpaired) electrons. The van der Waals surface area contributed by atoms with Crippen molar-refractivity contribution >= 4 is 17.7 Å². The van der Waals surface area contributed by atoms with Crippen LogP contribution < -0.4 is 4.74 Å². The van der Waals surface area contributed by atoms with Gasteiger partial charge in [-0.05, 0) is 38.5 Å². The Morgan fingerprint density at radius 2 is 1.67 bits per heavy atom. The molecule has 1 aliphatic rings. The van der Waals surface area contributed by atoms with Gasteiger partial charge in [0.15, 0.2) is 5.78 Å². The Bertz CT molecular complexity index is 693. The van der Waals surface area contributed by atoms with Crippen LogP contribution in [0.1, 0.15) is 38.7 Å². The van der Waals surface area contributed by atoms with Crippen LogP contribution in [0.4, 0.5) is 0 Å². The minimum Gasteiger partial charge on any atom is -0.497 e. The Labute approximate surface area is 158 Å². The molecule has 1 fully saturated rings. The van der Waals surface area contributed by atoms with E-state index in [4.69, 9.17) is 14.2 Å².